The number of carbonyl (C=O) groups excluding carboxylic acids is 2. The largest absolute Gasteiger partial charge is 0.507 e. The van der Waals surface area contributed by atoms with Crippen molar-refractivity contribution in [2.75, 3.05) is 11.9 Å². The molecule has 8 nitrogen and oxygen atoms in total. The van der Waals surface area contributed by atoms with Crippen LogP contribution in [-0.2, 0) is 14.3 Å². The van der Waals surface area contributed by atoms with E-state index in [9.17, 15) is 24.6 Å². The molecule has 1 rings (SSSR count). The molecule has 4 N–H and O–H groups in total. The van der Waals surface area contributed by atoms with Gasteiger partial charge in [0.1, 0.15) is 23.5 Å². The van der Waals surface area contributed by atoms with Gasteiger partial charge in [-0.2, -0.15) is 0 Å². The molecule has 0 aliphatic carbocycles. The van der Waals surface area contributed by atoms with E-state index < -0.39 is 29.8 Å². The maximum absolute atomic E-state index is 13.0. The van der Waals surface area contributed by atoms with Gasteiger partial charge in [0.25, 0.3) is 0 Å². The predicted octanol–water partition coefficient (Wildman–Crippen LogP) is 8.28. The Bertz CT molecular complexity index is 1170. The zero-order valence-electron chi connectivity index (χ0n) is 27.5. The summed E-state index contributed by atoms with van der Waals surface area (Å²) in [5, 5.41) is 24.4. The molecule has 0 aliphatic rings. The minimum absolute atomic E-state index is 0.118. The van der Waals surface area contributed by atoms with Crippen LogP contribution in [0.4, 0.5) is 5.69 Å². The highest BCUT2D eigenvalue weighted by molar-refractivity contribution is 5.99. The number of nitrogens with one attached hydrogen (secondary N) is 2. The Morgan fingerprint density at radius 2 is 1.40 bits per heavy atom. The summed E-state index contributed by atoms with van der Waals surface area (Å²) < 4.78 is 5.86. The van der Waals surface area contributed by atoms with E-state index in [0.717, 1.165) is 51.4 Å². The highest BCUT2D eigenvalue weighted by atomic mass is 16.5. The number of hydrogen-bond donors (Lipinski definition) is 4. The number of phenols is 1. The average Bonchev–Trinajstić information content (AvgIpc) is 3.00. The molecular formula is C37H54N2O6. The van der Waals surface area contributed by atoms with Crippen LogP contribution in [-0.4, -0.2) is 46.7 Å². The highest BCUT2D eigenvalue weighted by Crippen LogP contribution is 2.22. The molecule has 2 atom stereocenters. The number of amides is 2. The van der Waals surface area contributed by atoms with Gasteiger partial charge in [-0.25, -0.2) is 4.79 Å². The van der Waals surface area contributed by atoms with Crippen molar-refractivity contribution in [2.45, 2.75) is 104 Å². The third-order valence-electron chi connectivity index (χ3n) is 6.74. The number of aromatic carboxylic acids is 1. The summed E-state index contributed by atoms with van der Waals surface area (Å²) in [6.07, 6.45) is 29.6. The number of aromatic hydroxyl groups is 1. The van der Waals surface area contributed by atoms with Crippen LogP contribution in [0.3, 0.4) is 0 Å². The highest BCUT2D eigenvalue weighted by Gasteiger charge is 2.26. The number of benzene rings is 1. The summed E-state index contributed by atoms with van der Waals surface area (Å²) in [5.74, 6) is -2.41. The smallest absolute Gasteiger partial charge is 0.339 e. The van der Waals surface area contributed by atoms with Crippen LogP contribution in [0.2, 0.25) is 0 Å². The lowest BCUT2D eigenvalue weighted by Gasteiger charge is -2.23. The van der Waals surface area contributed by atoms with Gasteiger partial charge < -0.3 is 25.6 Å². The Morgan fingerprint density at radius 1 is 0.822 bits per heavy atom. The van der Waals surface area contributed by atoms with Crippen molar-refractivity contribution in [1.29, 1.82) is 0 Å². The van der Waals surface area contributed by atoms with Gasteiger partial charge in [0.2, 0.25) is 11.8 Å². The maximum atomic E-state index is 13.0. The van der Waals surface area contributed by atoms with Gasteiger partial charge in [0, 0.05) is 12.3 Å². The number of carboxylic acid groups (broad SMARTS) is 1. The van der Waals surface area contributed by atoms with Crippen molar-refractivity contribution < 1.29 is 29.3 Å². The van der Waals surface area contributed by atoms with Gasteiger partial charge in [-0.15, -0.1) is 0 Å². The van der Waals surface area contributed by atoms with E-state index in [1.807, 2.05) is 20.8 Å². The summed E-state index contributed by atoms with van der Waals surface area (Å²) >= 11 is 0. The van der Waals surface area contributed by atoms with E-state index in [1.165, 1.54) is 18.2 Å². The van der Waals surface area contributed by atoms with Crippen LogP contribution in [0.1, 0.15) is 102 Å². The molecule has 1 aromatic rings. The summed E-state index contributed by atoms with van der Waals surface area (Å²) in [5.41, 5.74) is -0.105. The molecule has 0 aliphatic heterocycles. The van der Waals surface area contributed by atoms with Gasteiger partial charge >= 0.3 is 5.97 Å². The molecule has 1 aromatic carbocycles. The van der Waals surface area contributed by atoms with Crippen molar-refractivity contribution in [3.8, 4) is 5.75 Å². The molecule has 0 aromatic heterocycles. The van der Waals surface area contributed by atoms with Gasteiger partial charge in [-0.1, -0.05) is 88.5 Å². The molecule has 0 fully saturated rings. The molecule has 0 heterocycles. The topological polar surface area (TPSA) is 125 Å². The summed E-state index contributed by atoms with van der Waals surface area (Å²) in [6, 6.07) is 2.97. The second-order valence-corrected chi connectivity index (χ2v) is 11.2. The second-order valence-electron chi connectivity index (χ2n) is 11.2. The monoisotopic (exact) mass is 622 g/mol. The van der Waals surface area contributed by atoms with Crippen LogP contribution in [0.5, 0.6) is 5.75 Å². The molecule has 0 radical (unpaired) electrons. The van der Waals surface area contributed by atoms with Crippen molar-refractivity contribution >= 4 is 23.5 Å². The van der Waals surface area contributed by atoms with Gasteiger partial charge in [0.05, 0.1) is 0 Å². The first-order valence-corrected chi connectivity index (χ1v) is 16.2. The molecule has 2 amide bonds. The quantitative estimate of drug-likeness (QED) is 0.0553. The lowest BCUT2D eigenvalue weighted by molar-refractivity contribution is -0.136. The van der Waals surface area contributed by atoms with Crippen LogP contribution in [0.25, 0.3) is 0 Å². The number of allylic oxidation sites excluding steroid dienone is 10. The summed E-state index contributed by atoms with van der Waals surface area (Å²) in [7, 11) is 0. The Hall–Kier alpha value is -3.91. The first kappa shape index (κ1) is 39.1. The number of rotatable bonds is 23. The molecule has 0 spiro atoms. The standard InChI is InChI=1S/C37H54N2O6/c1-5-7-8-9-10-11-12-13-14-15-16-17-18-19-20-21-22-23-26-45-34(6-2)36(42)39-32(27-29(3)4)35(41)38-30-24-25-33(40)31(28-30)37(43)44/h7-8,10-11,13-14,16-17,19-20,24-25,28-29,32,34,40H,5-6,9,12,15,18,21-23,26-27H2,1-4H3,(H,38,41)(H,39,42)(H,43,44)/t32?,34-/m0/s1. The van der Waals surface area contributed by atoms with Gasteiger partial charge in [0.15, 0.2) is 0 Å². The third kappa shape index (κ3) is 18.5. The molecule has 8 heteroatoms. The lowest BCUT2D eigenvalue weighted by atomic mass is 10.0. The fourth-order valence-corrected chi connectivity index (χ4v) is 4.32. The second kappa shape index (κ2) is 24.4. The van der Waals surface area contributed by atoms with Crippen molar-refractivity contribution in [3.63, 3.8) is 0 Å². The first-order chi connectivity index (χ1) is 21.7. The number of carboxylic acids is 1. The SMILES string of the molecule is CCC=CCC=CCC=CCC=CCC=CCCCCO[C@@H](CC)C(=O)NC(CC(C)C)C(=O)Nc1ccc(O)c(C(=O)O)c1. The molecule has 1 unspecified atom stereocenters. The van der Waals surface area contributed by atoms with Crippen molar-refractivity contribution in [3.05, 3.63) is 84.5 Å². The molecule has 0 bridgehead atoms. The summed E-state index contributed by atoms with van der Waals surface area (Å²) in [6.45, 7) is 8.34. The van der Waals surface area contributed by atoms with Crippen LogP contribution < -0.4 is 10.6 Å². The van der Waals surface area contributed by atoms with E-state index in [4.69, 9.17) is 4.74 Å². The minimum Gasteiger partial charge on any atom is -0.507 e. The zero-order chi connectivity index (χ0) is 33.3. The number of carbonyl (C=O) groups is 3. The Balaban J connectivity index is 2.37. The Labute approximate surface area is 270 Å². The Kier molecular flexibility index (Phi) is 21.2. The normalized spacial score (nSPS) is 13.5. The van der Waals surface area contributed by atoms with E-state index in [-0.39, 0.29) is 23.1 Å². The Morgan fingerprint density at radius 3 is 1.93 bits per heavy atom. The molecule has 248 valence electrons. The predicted molar refractivity (Wildman–Crippen MR) is 183 cm³/mol. The van der Waals surface area contributed by atoms with Crippen LogP contribution in [0, 0.1) is 5.92 Å². The van der Waals surface area contributed by atoms with E-state index in [0.29, 0.717) is 19.4 Å². The number of anilines is 1. The maximum Gasteiger partial charge on any atom is 0.339 e. The van der Waals surface area contributed by atoms with Crippen molar-refractivity contribution in [1.82, 2.24) is 5.32 Å². The molecule has 45 heavy (non-hydrogen) atoms. The van der Waals surface area contributed by atoms with Crippen molar-refractivity contribution in [2.24, 2.45) is 5.92 Å². The minimum atomic E-state index is -1.31. The van der Waals surface area contributed by atoms with E-state index in [2.05, 4.69) is 78.3 Å². The summed E-state index contributed by atoms with van der Waals surface area (Å²) in [4.78, 5) is 37.3. The molecule has 0 saturated carbocycles. The fraction of sp³-hybridized carbons (Fsp3) is 0.486. The number of unbranched alkanes of at least 4 members (excludes halogenated alkanes) is 2. The van der Waals surface area contributed by atoms with Gasteiger partial charge in [-0.05, 0) is 88.3 Å². The van der Waals surface area contributed by atoms with E-state index in [1.54, 1.807) is 0 Å². The number of hydrogen-bond acceptors (Lipinski definition) is 5. The lowest BCUT2D eigenvalue weighted by Crippen LogP contribution is -2.48. The van der Waals surface area contributed by atoms with Gasteiger partial charge in [-0.3, -0.25) is 9.59 Å². The average molecular weight is 623 g/mol. The first-order valence-electron chi connectivity index (χ1n) is 16.2. The van der Waals surface area contributed by atoms with Crippen LogP contribution in [0.15, 0.2) is 79.0 Å². The fourth-order valence-electron chi connectivity index (χ4n) is 4.32. The number of ether oxygens (including phenoxy) is 1. The zero-order valence-corrected chi connectivity index (χ0v) is 27.5. The molecule has 0 saturated heterocycles. The third-order valence-corrected chi connectivity index (χ3v) is 6.74. The van der Waals surface area contributed by atoms with Crippen LogP contribution >= 0.6 is 0 Å². The van der Waals surface area contributed by atoms with E-state index >= 15 is 0 Å². The molecular weight excluding hydrogens is 568 g/mol.